The van der Waals surface area contributed by atoms with Gasteiger partial charge in [0.1, 0.15) is 0 Å². The fourth-order valence-corrected chi connectivity index (χ4v) is 2.25. The van der Waals surface area contributed by atoms with Crippen LogP contribution < -0.4 is 4.90 Å². The standard InChI is InChI=1S/C12H14INO3/c1-12(8-15)14(7-11(16-2)17-12)10-5-3-9(13)4-6-10/h3-6,8,11H,7H2,1-2H3. The number of methoxy groups -OCH3 is 1. The van der Waals surface area contributed by atoms with E-state index in [9.17, 15) is 4.79 Å². The Morgan fingerprint density at radius 1 is 1.53 bits per heavy atom. The Kier molecular flexibility index (Phi) is 3.70. The third-order valence-corrected chi connectivity index (χ3v) is 3.58. The van der Waals surface area contributed by atoms with E-state index < -0.39 is 5.72 Å². The minimum Gasteiger partial charge on any atom is -0.354 e. The highest BCUT2D eigenvalue weighted by Crippen LogP contribution is 2.31. The Hall–Kier alpha value is -0.660. The molecule has 1 aliphatic heterocycles. The summed E-state index contributed by atoms with van der Waals surface area (Å²) in [6.07, 6.45) is 0.439. The van der Waals surface area contributed by atoms with Gasteiger partial charge in [-0.15, -0.1) is 0 Å². The number of nitrogens with zero attached hydrogens (tertiary/aromatic N) is 1. The minimum absolute atomic E-state index is 0.371. The summed E-state index contributed by atoms with van der Waals surface area (Å²) in [5, 5.41) is 0. The third-order valence-electron chi connectivity index (χ3n) is 2.86. The van der Waals surface area contributed by atoms with Gasteiger partial charge in [-0.1, -0.05) is 0 Å². The zero-order chi connectivity index (χ0) is 12.5. The van der Waals surface area contributed by atoms with Crippen molar-refractivity contribution in [3.8, 4) is 0 Å². The number of anilines is 1. The lowest BCUT2D eigenvalue weighted by molar-refractivity contribution is -0.155. The van der Waals surface area contributed by atoms with E-state index in [4.69, 9.17) is 9.47 Å². The van der Waals surface area contributed by atoms with Crippen LogP contribution in [0.1, 0.15) is 6.92 Å². The monoisotopic (exact) mass is 347 g/mol. The van der Waals surface area contributed by atoms with Crippen LogP contribution in [0.15, 0.2) is 24.3 Å². The predicted octanol–water partition coefficient (Wildman–Crippen LogP) is 2.02. The Morgan fingerprint density at radius 3 is 2.71 bits per heavy atom. The second-order valence-corrected chi connectivity index (χ2v) is 5.29. The molecule has 1 aromatic rings. The van der Waals surface area contributed by atoms with Crippen LogP contribution in [0.3, 0.4) is 0 Å². The first-order valence-electron chi connectivity index (χ1n) is 5.29. The summed E-state index contributed by atoms with van der Waals surface area (Å²) >= 11 is 2.25. The Labute approximate surface area is 114 Å². The number of benzene rings is 1. The van der Waals surface area contributed by atoms with Crippen LogP contribution in [0, 0.1) is 3.57 Å². The lowest BCUT2D eigenvalue weighted by atomic mass is 10.2. The van der Waals surface area contributed by atoms with E-state index in [0.29, 0.717) is 6.54 Å². The second kappa shape index (κ2) is 4.91. The molecule has 5 heteroatoms. The maximum absolute atomic E-state index is 11.2. The predicted molar refractivity (Wildman–Crippen MR) is 72.9 cm³/mol. The van der Waals surface area contributed by atoms with Gasteiger partial charge in [0.05, 0.1) is 6.54 Å². The number of halogens is 1. The summed E-state index contributed by atoms with van der Waals surface area (Å²) in [6.45, 7) is 2.29. The Bertz CT molecular complexity index is 409. The number of hydrogen-bond donors (Lipinski definition) is 0. The first kappa shape index (κ1) is 12.8. The molecule has 92 valence electrons. The smallest absolute Gasteiger partial charge is 0.198 e. The van der Waals surface area contributed by atoms with Gasteiger partial charge in [0.15, 0.2) is 18.3 Å². The van der Waals surface area contributed by atoms with E-state index in [1.165, 1.54) is 0 Å². The zero-order valence-corrected chi connectivity index (χ0v) is 11.9. The van der Waals surface area contributed by atoms with Gasteiger partial charge in [0.25, 0.3) is 0 Å². The molecule has 2 rings (SSSR count). The van der Waals surface area contributed by atoms with Crippen LogP contribution in [-0.4, -0.2) is 32.0 Å². The quantitative estimate of drug-likeness (QED) is 0.620. The maximum atomic E-state index is 11.2. The van der Waals surface area contributed by atoms with Gasteiger partial charge >= 0.3 is 0 Å². The van der Waals surface area contributed by atoms with Crippen molar-refractivity contribution in [3.05, 3.63) is 27.8 Å². The van der Waals surface area contributed by atoms with Gasteiger partial charge < -0.3 is 14.4 Å². The van der Waals surface area contributed by atoms with E-state index in [-0.39, 0.29) is 6.29 Å². The van der Waals surface area contributed by atoms with Crippen LogP contribution in [0.2, 0.25) is 0 Å². The fraction of sp³-hybridized carbons (Fsp3) is 0.417. The SMILES string of the molecule is COC1CN(c2ccc(I)cc2)C(C)(C=O)O1. The van der Waals surface area contributed by atoms with Gasteiger partial charge in [-0.25, -0.2) is 0 Å². The molecule has 0 aromatic heterocycles. The topological polar surface area (TPSA) is 38.8 Å². The lowest BCUT2D eigenvalue weighted by Gasteiger charge is -2.29. The molecular weight excluding hydrogens is 333 g/mol. The maximum Gasteiger partial charge on any atom is 0.198 e. The summed E-state index contributed by atoms with van der Waals surface area (Å²) in [7, 11) is 1.58. The molecule has 0 radical (unpaired) electrons. The lowest BCUT2D eigenvalue weighted by Crippen LogP contribution is -2.43. The number of ether oxygens (including phenoxy) is 2. The number of carbonyl (C=O) groups excluding carboxylic acids is 1. The van der Waals surface area contributed by atoms with Crippen molar-refractivity contribution in [2.45, 2.75) is 18.9 Å². The molecule has 4 nitrogen and oxygen atoms in total. The summed E-state index contributed by atoms with van der Waals surface area (Å²) in [6, 6.07) is 7.96. The molecule has 1 aromatic carbocycles. The van der Waals surface area contributed by atoms with E-state index in [1.807, 2.05) is 29.2 Å². The van der Waals surface area contributed by atoms with Crippen molar-refractivity contribution in [3.63, 3.8) is 0 Å². The van der Waals surface area contributed by atoms with Crippen molar-refractivity contribution in [2.75, 3.05) is 18.6 Å². The van der Waals surface area contributed by atoms with Gasteiger partial charge in [-0.3, -0.25) is 4.79 Å². The van der Waals surface area contributed by atoms with Crippen molar-refractivity contribution in [2.24, 2.45) is 0 Å². The van der Waals surface area contributed by atoms with E-state index in [0.717, 1.165) is 15.5 Å². The highest BCUT2D eigenvalue weighted by atomic mass is 127. The van der Waals surface area contributed by atoms with Crippen molar-refractivity contribution < 1.29 is 14.3 Å². The average Bonchev–Trinajstić information content (AvgIpc) is 2.69. The molecule has 0 saturated carbocycles. The molecule has 0 aliphatic carbocycles. The summed E-state index contributed by atoms with van der Waals surface area (Å²) in [5.41, 5.74) is 0.00701. The number of aldehydes is 1. The van der Waals surface area contributed by atoms with Gasteiger partial charge in [0.2, 0.25) is 0 Å². The molecule has 1 aliphatic rings. The van der Waals surface area contributed by atoms with Gasteiger partial charge in [-0.2, -0.15) is 0 Å². The fourth-order valence-electron chi connectivity index (χ4n) is 1.89. The molecule has 0 bridgehead atoms. The zero-order valence-electron chi connectivity index (χ0n) is 9.72. The molecule has 1 saturated heterocycles. The van der Waals surface area contributed by atoms with Crippen molar-refractivity contribution in [1.29, 1.82) is 0 Å². The summed E-state index contributed by atoms with van der Waals surface area (Å²) in [4.78, 5) is 13.1. The highest BCUT2D eigenvalue weighted by molar-refractivity contribution is 14.1. The van der Waals surface area contributed by atoms with Crippen LogP contribution in [-0.2, 0) is 14.3 Å². The van der Waals surface area contributed by atoms with Crippen molar-refractivity contribution >= 4 is 34.6 Å². The molecule has 1 fully saturated rings. The van der Waals surface area contributed by atoms with Gasteiger partial charge in [0, 0.05) is 16.4 Å². The molecule has 2 unspecified atom stereocenters. The Balaban J connectivity index is 2.30. The molecule has 2 atom stereocenters. The van der Waals surface area contributed by atoms with E-state index in [1.54, 1.807) is 14.0 Å². The van der Waals surface area contributed by atoms with E-state index >= 15 is 0 Å². The van der Waals surface area contributed by atoms with Crippen LogP contribution in [0.4, 0.5) is 5.69 Å². The highest BCUT2D eigenvalue weighted by Gasteiger charge is 2.43. The Morgan fingerprint density at radius 2 is 2.18 bits per heavy atom. The number of hydrogen-bond acceptors (Lipinski definition) is 4. The third kappa shape index (κ3) is 2.46. The first-order valence-corrected chi connectivity index (χ1v) is 6.37. The van der Waals surface area contributed by atoms with Crippen molar-refractivity contribution in [1.82, 2.24) is 0 Å². The average molecular weight is 347 g/mol. The van der Waals surface area contributed by atoms with Crippen LogP contribution in [0.25, 0.3) is 0 Å². The largest absolute Gasteiger partial charge is 0.354 e. The molecule has 17 heavy (non-hydrogen) atoms. The van der Waals surface area contributed by atoms with Crippen LogP contribution >= 0.6 is 22.6 Å². The second-order valence-electron chi connectivity index (χ2n) is 4.04. The molecule has 1 heterocycles. The molecule has 0 N–H and O–H groups in total. The van der Waals surface area contributed by atoms with Gasteiger partial charge in [-0.05, 0) is 53.8 Å². The van der Waals surface area contributed by atoms with E-state index in [2.05, 4.69) is 22.6 Å². The minimum atomic E-state index is -0.951. The number of carbonyl (C=O) groups is 1. The molecule has 0 spiro atoms. The molecule has 0 amide bonds. The summed E-state index contributed by atoms with van der Waals surface area (Å²) in [5.74, 6) is 0. The normalized spacial score (nSPS) is 28.4. The molecular formula is C12H14INO3. The van der Waals surface area contributed by atoms with Crippen LogP contribution in [0.5, 0.6) is 0 Å². The number of rotatable bonds is 3. The summed E-state index contributed by atoms with van der Waals surface area (Å²) < 4.78 is 11.9. The first-order chi connectivity index (χ1) is 8.09.